The standard InChI is InChI=1S/C32H18F4N2.C3H5F/c33-21-1-3-27(29(35)17-21)31-23(19-9-13-37-14-10-19)5-8-26-25(31)7-6-24(20-11-15-38-16-12-20)32(26)28-4-2-22(34)18-30(28)36;1-3(2)4/h1-18H;1H2,2H3. The minimum atomic E-state index is -0.722. The van der Waals surface area contributed by atoms with Crippen LogP contribution in [0.3, 0.4) is 0 Å². The van der Waals surface area contributed by atoms with Crippen LogP contribution in [0.2, 0.25) is 0 Å². The predicted molar refractivity (Wildman–Crippen MR) is 157 cm³/mol. The summed E-state index contributed by atoms with van der Waals surface area (Å²) in [6.45, 7) is 4.19. The van der Waals surface area contributed by atoms with Gasteiger partial charge in [0, 0.05) is 59.2 Å². The Morgan fingerprint density at radius 2 is 0.857 bits per heavy atom. The van der Waals surface area contributed by atoms with Gasteiger partial charge in [0.2, 0.25) is 0 Å². The molecule has 2 nitrogen and oxygen atoms in total. The smallest absolute Gasteiger partial charge is 0.133 e. The van der Waals surface area contributed by atoms with E-state index in [0.717, 1.165) is 23.3 Å². The van der Waals surface area contributed by atoms with E-state index >= 15 is 8.78 Å². The molecule has 0 atom stereocenters. The van der Waals surface area contributed by atoms with Gasteiger partial charge in [0.05, 0.1) is 5.83 Å². The third-order valence-electron chi connectivity index (χ3n) is 6.58. The number of benzene rings is 4. The van der Waals surface area contributed by atoms with Crippen molar-refractivity contribution in [3.05, 3.63) is 145 Å². The molecule has 0 saturated heterocycles. The number of aromatic nitrogens is 2. The second-order valence-electron chi connectivity index (χ2n) is 9.47. The van der Waals surface area contributed by atoms with Crippen molar-refractivity contribution >= 4 is 10.8 Å². The van der Waals surface area contributed by atoms with Gasteiger partial charge in [-0.1, -0.05) is 30.8 Å². The van der Waals surface area contributed by atoms with Crippen molar-refractivity contribution in [2.45, 2.75) is 6.92 Å². The number of hydrogen-bond acceptors (Lipinski definition) is 2. The Labute approximate surface area is 239 Å². The van der Waals surface area contributed by atoms with Crippen LogP contribution in [-0.4, -0.2) is 9.97 Å². The second kappa shape index (κ2) is 12.1. The van der Waals surface area contributed by atoms with E-state index in [-0.39, 0.29) is 17.0 Å². The van der Waals surface area contributed by atoms with Gasteiger partial charge in [0.1, 0.15) is 23.3 Å². The van der Waals surface area contributed by atoms with Crippen LogP contribution in [0, 0.1) is 23.3 Å². The van der Waals surface area contributed by atoms with E-state index in [1.54, 1.807) is 49.1 Å². The molecule has 6 rings (SSSR count). The highest BCUT2D eigenvalue weighted by atomic mass is 19.1. The fraction of sp³-hybridized carbons (Fsp3) is 0.0286. The first-order chi connectivity index (χ1) is 20.2. The third-order valence-corrected chi connectivity index (χ3v) is 6.58. The Balaban J connectivity index is 0.000000830. The maximum Gasteiger partial charge on any atom is 0.133 e. The van der Waals surface area contributed by atoms with Crippen LogP contribution in [0.15, 0.2) is 122 Å². The molecule has 4 aromatic carbocycles. The van der Waals surface area contributed by atoms with Crippen LogP contribution in [-0.2, 0) is 0 Å². The van der Waals surface area contributed by atoms with Gasteiger partial charge >= 0.3 is 0 Å². The highest BCUT2D eigenvalue weighted by Gasteiger charge is 2.21. The van der Waals surface area contributed by atoms with Gasteiger partial charge in [-0.05, 0) is 88.5 Å². The quantitative estimate of drug-likeness (QED) is 0.198. The lowest BCUT2D eigenvalue weighted by molar-refractivity contribution is 0.585. The molecule has 2 heterocycles. The topological polar surface area (TPSA) is 25.8 Å². The fourth-order valence-electron chi connectivity index (χ4n) is 4.91. The first kappa shape index (κ1) is 28.4. The molecule has 0 aliphatic heterocycles. The summed E-state index contributed by atoms with van der Waals surface area (Å²) in [7, 11) is 0. The molecule has 0 unspecified atom stereocenters. The van der Waals surface area contributed by atoms with E-state index in [0.29, 0.717) is 33.0 Å². The van der Waals surface area contributed by atoms with Crippen LogP contribution in [0.4, 0.5) is 22.0 Å². The summed E-state index contributed by atoms with van der Waals surface area (Å²) in [5.41, 5.74) is 4.42. The van der Waals surface area contributed by atoms with E-state index in [1.807, 2.05) is 24.3 Å². The van der Waals surface area contributed by atoms with E-state index in [4.69, 9.17) is 0 Å². The van der Waals surface area contributed by atoms with Gasteiger partial charge in [-0.15, -0.1) is 0 Å². The van der Waals surface area contributed by atoms with Crippen molar-refractivity contribution in [1.82, 2.24) is 9.97 Å². The van der Waals surface area contributed by atoms with Gasteiger partial charge in [0.15, 0.2) is 0 Å². The van der Waals surface area contributed by atoms with E-state index in [9.17, 15) is 13.2 Å². The molecule has 0 N–H and O–H groups in total. The van der Waals surface area contributed by atoms with E-state index in [1.165, 1.54) is 31.2 Å². The Morgan fingerprint density at radius 1 is 0.524 bits per heavy atom. The summed E-state index contributed by atoms with van der Waals surface area (Å²) < 4.78 is 69.1. The SMILES string of the molecule is C=C(C)F.Fc1ccc(-c2c(-c3ccncc3)ccc3c(-c4ccc(F)cc4F)c(-c4ccncc4)ccc23)c(F)c1. The number of rotatable bonds is 4. The molecule has 0 aliphatic carbocycles. The normalized spacial score (nSPS) is 10.7. The molecule has 42 heavy (non-hydrogen) atoms. The van der Waals surface area contributed by atoms with Crippen LogP contribution < -0.4 is 0 Å². The molecule has 0 aliphatic rings. The van der Waals surface area contributed by atoms with Crippen molar-refractivity contribution < 1.29 is 22.0 Å². The highest BCUT2D eigenvalue weighted by Crippen LogP contribution is 2.45. The molecular formula is C35H23F5N2. The van der Waals surface area contributed by atoms with Gasteiger partial charge in [-0.2, -0.15) is 0 Å². The number of hydrogen-bond donors (Lipinski definition) is 0. The van der Waals surface area contributed by atoms with Crippen molar-refractivity contribution in [3.8, 4) is 44.5 Å². The third kappa shape index (κ3) is 5.81. The largest absolute Gasteiger partial charge is 0.265 e. The molecular weight excluding hydrogens is 543 g/mol. The average molecular weight is 567 g/mol. The Kier molecular flexibility index (Phi) is 8.20. The van der Waals surface area contributed by atoms with Crippen molar-refractivity contribution in [1.29, 1.82) is 0 Å². The number of pyridine rings is 2. The molecule has 0 radical (unpaired) electrons. The zero-order valence-electron chi connectivity index (χ0n) is 22.4. The Hall–Kier alpha value is -5.17. The van der Waals surface area contributed by atoms with Gasteiger partial charge < -0.3 is 0 Å². The van der Waals surface area contributed by atoms with Gasteiger partial charge in [-0.25, -0.2) is 22.0 Å². The first-order valence-electron chi connectivity index (χ1n) is 12.9. The second-order valence-corrected chi connectivity index (χ2v) is 9.47. The van der Waals surface area contributed by atoms with Gasteiger partial charge in [-0.3, -0.25) is 9.97 Å². The predicted octanol–water partition coefficient (Wildman–Crippen LogP) is 10.3. The van der Waals surface area contributed by atoms with Crippen molar-refractivity contribution in [2.75, 3.05) is 0 Å². The molecule has 208 valence electrons. The molecule has 2 aromatic heterocycles. The lowest BCUT2D eigenvalue weighted by Crippen LogP contribution is -1.96. The summed E-state index contributed by atoms with van der Waals surface area (Å²) in [6.07, 6.45) is 6.54. The summed E-state index contributed by atoms with van der Waals surface area (Å²) in [5, 5.41) is 1.25. The first-order valence-corrected chi connectivity index (χ1v) is 12.9. The van der Waals surface area contributed by atoms with Gasteiger partial charge in [0.25, 0.3) is 0 Å². The summed E-state index contributed by atoms with van der Waals surface area (Å²) in [5.74, 6) is -3.15. The molecule has 7 heteroatoms. The lowest BCUT2D eigenvalue weighted by Gasteiger charge is -2.20. The van der Waals surface area contributed by atoms with E-state index in [2.05, 4.69) is 16.5 Å². The Morgan fingerprint density at radius 3 is 1.19 bits per heavy atom. The maximum absolute atomic E-state index is 15.3. The van der Waals surface area contributed by atoms with Crippen LogP contribution in [0.25, 0.3) is 55.3 Å². The van der Waals surface area contributed by atoms with Crippen LogP contribution >= 0.6 is 0 Å². The molecule has 6 aromatic rings. The number of halogens is 5. The lowest BCUT2D eigenvalue weighted by atomic mass is 9.84. The zero-order chi connectivity index (χ0) is 29.8. The van der Waals surface area contributed by atoms with Crippen LogP contribution in [0.1, 0.15) is 6.92 Å². The number of fused-ring (bicyclic) bond motifs is 1. The zero-order valence-corrected chi connectivity index (χ0v) is 22.4. The Bertz CT molecular complexity index is 1770. The monoisotopic (exact) mass is 566 g/mol. The number of allylic oxidation sites excluding steroid dienone is 1. The minimum Gasteiger partial charge on any atom is -0.265 e. The fourth-order valence-corrected chi connectivity index (χ4v) is 4.91. The molecule has 0 bridgehead atoms. The summed E-state index contributed by atoms with van der Waals surface area (Å²) >= 11 is 0. The maximum atomic E-state index is 15.3. The molecule has 0 spiro atoms. The van der Waals surface area contributed by atoms with Crippen LogP contribution in [0.5, 0.6) is 0 Å². The highest BCUT2D eigenvalue weighted by molar-refractivity contribution is 6.12. The average Bonchev–Trinajstić information content (AvgIpc) is 2.97. The molecule has 0 fully saturated rings. The molecule has 0 saturated carbocycles. The van der Waals surface area contributed by atoms with Crippen molar-refractivity contribution in [3.63, 3.8) is 0 Å². The minimum absolute atomic E-state index is 0.200. The summed E-state index contributed by atoms with van der Waals surface area (Å²) in [4.78, 5) is 8.16. The molecule has 0 amide bonds. The number of nitrogens with zero attached hydrogens (tertiary/aromatic N) is 2. The summed E-state index contributed by atoms with van der Waals surface area (Å²) in [6, 6.07) is 21.5. The van der Waals surface area contributed by atoms with E-state index < -0.39 is 23.3 Å². The van der Waals surface area contributed by atoms with Crippen molar-refractivity contribution in [2.24, 2.45) is 0 Å².